The van der Waals surface area contributed by atoms with Crippen LogP contribution in [0.15, 0.2) is 18.2 Å². The molecule has 0 radical (unpaired) electrons. The average molecular weight is 311 g/mol. The van der Waals surface area contributed by atoms with Gasteiger partial charge >= 0.3 is 0 Å². The number of benzene rings is 1. The molecule has 1 saturated heterocycles. The quantitative estimate of drug-likeness (QED) is 0.878. The molecule has 0 spiro atoms. The molecule has 0 bridgehead atoms. The van der Waals surface area contributed by atoms with Gasteiger partial charge < -0.3 is 10.6 Å². The van der Waals surface area contributed by atoms with E-state index in [0.29, 0.717) is 12.5 Å². The molecule has 21 heavy (non-hydrogen) atoms. The Bertz CT molecular complexity index is 450. The second kappa shape index (κ2) is 8.40. The first-order valence-corrected chi connectivity index (χ1v) is 7.63. The zero-order valence-electron chi connectivity index (χ0n) is 13.2. The molecular formula is C17H27ClN2O. The van der Waals surface area contributed by atoms with Crippen molar-refractivity contribution < 1.29 is 4.79 Å². The van der Waals surface area contributed by atoms with Crippen molar-refractivity contribution in [3.05, 3.63) is 34.9 Å². The van der Waals surface area contributed by atoms with Crippen molar-refractivity contribution in [1.82, 2.24) is 10.6 Å². The summed E-state index contributed by atoms with van der Waals surface area (Å²) in [7, 11) is 0. The van der Waals surface area contributed by atoms with Gasteiger partial charge in [0.1, 0.15) is 0 Å². The maximum atomic E-state index is 12.0. The summed E-state index contributed by atoms with van der Waals surface area (Å²) in [6.45, 7) is 7.37. The van der Waals surface area contributed by atoms with E-state index in [4.69, 9.17) is 0 Å². The molecule has 1 amide bonds. The van der Waals surface area contributed by atoms with Gasteiger partial charge in [0.15, 0.2) is 0 Å². The topological polar surface area (TPSA) is 41.1 Å². The number of hydrogen-bond acceptors (Lipinski definition) is 2. The lowest BCUT2D eigenvalue weighted by Crippen LogP contribution is -2.37. The van der Waals surface area contributed by atoms with Crippen LogP contribution in [0.5, 0.6) is 0 Å². The molecule has 1 aromatic carbocycles. The molecule has 2 unspecified atom stereocenters. The molecule has 118 valence electrons. The van der Waals surface area contributed by atoms with Crippen LogP contribution in [0, 0.1) is 13.8 Å². The molecule has 0 aliphatic carbocycles. The molecule has 1 aliphatic heterocycles. The monoisotopic (exact) mass is 310 g/mol. The van der Waals surface area contributed by atoms with Gasteiger partial charge in [0.2, 0.25) is 5.91 Å². The molecule has 2 rings (SSSR count). The maximum absolute atomic E-state index is 12.0. The van der Waals surface area contributed by atoms with Crippen LogP contribution < -0.4 is 10.6 Å². The maximum Gasteiger partial charge on any atom is 0.221 e. The number of aryl methyl sites for hydroxylation is 2. The summed E-state index contributed by atoms with van der Waals surface area (Å²) in [5.74, 6) is 0.168. The van der Waals surface area contributed by atoms with Crippen molar-refractivity contribution in [3.8, 4) is 0 Å². The Hall–Kier alpha value is -1.06. The number of amides is 1. The molecule has 1 aliphatic rings. The van der Waals surface area contributed by atoms with Crippen molar-refractivity contribution >= 4 is 18.3 Å². The highest BCUT2D eigenvalue weighted by atomic mass is 35.5. The Labute approximate surface area is 134 Å². The van der Waals surface area contributed by atoms with E-state index < -0.39 is 0 Å². The molecule has 3 nitrogen and oxygen atoms in total. The van der Waals surface area contributed by atoms with Gasteiger partial charge in [0, 0.05) is 18.5 Å². The third-order valence-electron chi connectivity index (χ3n) is 3.82. The van der Waals surface area contributed by atoms with E-state index in [-0.39, 0.29) is 24.4 Å². The van der Waals surface area contributed by atoms with Crippen LogP contribution in [0.1, 0.15) is 42.9 Å². The number of halogens is 1. The van der Waals surface area contributed by atoms with Gasteiger partial charge in [-0.1, -0.05) is 29.3 Å². The van der Waals surface area contributed by atoms with E-state index in [9.17, 15) is 4.79 Å². The van der Waals surface area contributed by atoms with Crippen molar-refractivity contribution in [2.45, 2.75) is 58.5 Å². The Morgan fingerprint density at radius 3 is 2.57 bits per heavy atom. The van der Waals surface area contributed by atoms with Gasteiger partial charge in [-0.05, 0) is 52.1 Å². The van der Waals surface area contributed by atoms with E-state index in [0.717, 1.165) is 19.4 Å². The lowest BCUT2D eigenvalue weighted by atomic mass is 10.0. The van der Waals surface area contributed by atoms with Crippen LogP contribution in [0.4, 0.5) is 0 Å². The van der Waals surface area contributed by atoms with Gasteiger partial charge in [0.05, 0.1) is 0 Å². The molecule has 1 aromatic rings. The van der Waals surface area contributed by atoms with Gasteiger partial charge in [-0.2, -0.15) is 0 Å². The zero-order valence-corrected chi connectivity index (χ0v) is 14.1. The zero-order chi connectivity index (χ0) is 14.5. The first-order chi connectivity index (χ1) is 9.52. The number of hydrogen-bond donors (Lipinski definition) is 2. The van der Waals surface area contributed by atoms with E-state index in [1.54, 1.807) is 0 Å². The highest BCUT2D eigenvalue weighted by Crippen LogP contribution is 2.12. The molecule has 0 aromatic heterocycles. The Morgan fingerprint density at radius 1 is 1.33 bits per heavy atom. The van der Waals surface area contributed by atoms with Crippen molar-refractivity contribution in [2.24, 2.45) is 0 Å². The number of carbonyl (C=O) groups excluding carboxylic acids is 1. The van der Waals surface area contributed by atoms with Crippen molar-refractivity contribution in [2.75, 3.05) is 6.54 Å². The third kappa shape index (κ3) is 6.06. The fraction of sp³-hybridized carbons (Fsp3) is 0.588. The largest absolute Gasteiger partial charge is 0.353 e. The molecule has 1 heterocycles. The van der Waals surface area contributed by atoms with Gasteiger partial charge in [0.25, 0.3) is 0 Å². The highest BCUT2D eigenvalue weighted by molar-refractivity contribution is 5.85. The van der Waals surface area contributed by atoms with Crippen molar-refractivity contribution in [1.29, 1.82) is 0 Å². The highest BCUT2D eigenvalue weighted by Gasteiger charge is 2.18. The van der Waals surface area contributed by atoms with Crippen LogP contribution in [0.3, 0.4) is 0 Å². The number of nitrogens with one attached hydrogen (secondary N) is 2. The standard InChI is InChI=1S/C17H26N2O.ClH/c1-12-7-13(2)9-15(8-12)10-14(3)19-17(20)11-16-5-4-6-18-16;/h7-9,14,16,18H,4-6,10-11H2,1-3H3,(H,19,20);1H. The second-order valence-corrected chi connectivity index (χ2v) is 6.17. The molecule has 2 N–H and O–H groups in total. The van der Waals surface area contributed by atoms with Crippen molar-refractivity contribution in [3.63, 3.8) is 0 Å². The van der Waals surface area contributed by atoms with Crippen LogP contribution in [0.2, 0.25) is 0 Å². The molecule has 0 saturated carbocycles. The average Bonchev–Trinajstić information content (AvgIpc) is 2.79. The van der Waals surface area contributed by atoms with Crippen LogP contribution in [-0.2, 0) is 11.2 Å². The van der Waals surface area contributed by atoms with Gasteiger partial charge in [-0.3, -0.25) is 4.79 Å². The Balaban J connectivity index is 0.00000220. The summed E-state index contributed by atoms with van der Waals surface area (Å²) in [5.41, 5.74) is 3.87. The van der Waals surface area contributed by atoms with Crippen LogP contribution >= 0.6 is 12.4 Å². The minimum Gasteiger partial charge on any atom is -0.353 e. The number of rotatable bonds is 5. The van der Waals surface area contributed by atoms with E-state index in [2.05, 4.69) is 49.6 Å². The first kappa shape index (κ1) is 18.0. The van der Waals surface area contributed by atoms with Gasteiger partial charge in [-0.15, -0.1) is 12.4 Å². The third-order valence-corrected chi connectivity index (χ3v) is 3.82. The summed E-state index contributed by atoms with van der Waals surface area (Å²) >= 11 is 0. The molecular weight excluding hydrogens is 284 g/mol. The number of carbonyl (C=O) groups is 1. The SMILES string of the molecule is Cc1cc(C)cc(CC(C)NC(=O)CC2CCCN2)c1.Cl. The smallest absolute Gasteiger partial charge is 0.221 e. The predicted molar refractivity (Wildman–Crippen MR) is 90.1 cm³/mol. The predicted octanol–water partition coefficient (Wildman–Crippen LogP) is 2.91. The second-order valence-electron chi connectivity index (χ2n) is 6.17. The summed E-state index contributed by atoms with van der Waals surface area (Å²) in [6.07, 6.45) is 3.82. The summed E-state index contributed by atoms with van der Waals surface area (Å²) in [4.78, 5) is 12.0. The van der Waals surface area contributed by atoms with Gasteiger partial charge in [-0.25, -0.2) is 0 Å². The fourth-order valence-corrected chi connectivity index (χ4v) is 3.08. The summed E-state index contributed by atoms with van der Waals surface area (Å²) < 4.78 is 0. The van der Waals surface area contributed by atoms with Crippen LogP contribution in [-0.4, -0.2) is 24.5 Å². The minimum absolute atomic E-state index is 0. The van der Waals surface area contributed by atoms with E-state index in [1.165, 1.54) is 23.1 Å². The van der Waals surface area contributed by atoms with E-state index >= 15 is 0 Å². The first-order valence-electron chi connectivity index (χ1n) is 7.63. The molecule has 2 atom stereocenters. The lowest BCUT2D eigenvalue weighted by Gasteiger charge is -2.16. The Morgan fingerprint density at radius 2 is 2.00 bits per heavy atom. The van der Waals surface area contributed by atoms with E-state index in [1.807, 2.05) is 0 Å². The summed E-state index contributed by atoms with van der Waals surface area (Å²) in [5, 5.41) is 6.48. The van der Waals surface area contributed by atoms with Crippen LogP contribution in [0.25, 0.3) is 0 Å². The normalized spacial score (nSPS) is 18.9. The lowest BCUT2D eigenvalue weighted by molar-refractivity contribution is -0.122. The molecule has 4 heteroatoms. The minimum atomic E-state index is 0. The Kier molecular flexibility index (Phi) is 7.20. The molecule has 1 fully saturated rings. The fourth-order valence-electron chi connectivity index (χ4n) is 3.08. The summed E-state index contributed by atoms with van der Waals surface area (Å²) in [6, 6.07) is 7.15.